The molecule has 1 N–H and O–H groups in total. The van der Waals surface area contributed by atoms with Crippen LogP contribution in [0, 0.1) is 11.8 Å². The van der Waals surface area contributed by atoms with Crippen molar-refractivity contribution in [2.24, 2.45) is 11.8 Å². The number of rotatable bonds is 3. The van der Waals surface area contributed by atoms with Crippen molar-refractivity contribution in [1.82, 2.24) is 0 Å². The molecule has 0 aromatic heterocycles. The van der Waals surface area contributed by atoms with Gasteiger partial charge in [0.05, 0.1) is 5.60 Å². The quantitative estimate of drug-likeness (QED) is 0.778. The van der Waals surface area contributed by atoms with Gasteiger partial charge in [-0.05, 0) is 37.5 Å². The average Bonchev–Trinajstić information content (AvgIpc) is 2.13. The minimum absolute atomic E-state index is 0.281. The maximum absolute atomic E-state index is 10.7. The van der Waals surface area contributed by atoms with E-state index in [9.17, 15) is 8.42 Å². The van der Waals surface area contributed by atoms with Crippen LogP contribution in [0.25, 0.3) is 0 Å². The third-order valence-corrected chi connectivity index (χ3v) is 4.29. The summed E-state index contributed by atoms with van der Waals surface area (Å²) < 4.78 is 35.8. The third-order valence-electron chi connectivity index (χ3n) is 3.88. The molecule has 0 amide bonds. The molecule has 0 aromatic rings. The van der Waals surface area contributed by atoms with Gasteiger partial charge >= 0.3 is 0 Å². The Balaban J connectivity index is 2.04. The van der Waals surface area contributed by atoms with Crippen molar-refractivity contribution < 1.29 is 17.7 Å². The summed E-state index contributed by atoms with van der Waals surface area (Å²) in [5.41, 5.74) is -0.281. The summed E-state index contributed by atoms with van der Waals surface area (Å²) in [4.78, 5) is 0. The predicted molar refractivity (Wildman–Crippen MR) is 60.6 cm³/mol. The molecule has 2 saturated carbocycles. The van der Waals surface area contributed by atoms with Crippen LogP contribution in [0.15, 0.2) is 0 Å². The van der Waals surface area contributed by atoms with Crippen molar-refractivity contribution >= 4 is 10.1 Å². The predicted octanol–water partition coefficient (Wildman–Crippen LogP) is 2.21. The van der Waals surface area contributed by atoms with E-state index in [1.807, 2.05) is 0 Å². The Morgan fingerprint density at radius 3 is 2.88 bits per heavy atom. The van der Waals surface area contributed by atoms with Crippen molar-refractivity contribution in [3.63, 3.8) is 0 Å². The van der Waals surface area contributed by atoms with Crippen molar-refractivity contribution in [3.8, 4) is 0 Å². The minimum Gasteiger partial charge on any atom is -0.357 e. The second-order valence-corrected chi connectivity index (χ2v) is 6.93. The fourth-order valence-corrected chi connectivity index (χ4v) is 3.91. The normalized spacial score (nSPS) is 39.6. The Labute approximate surface area is 97.1 Å². The lowest BCUT2D eigenvalue weighted by molar-refractivity contribution is -0.103. The van der Waals surface area contributed by atoms with Crippen LogP contribution in [0.4, 0.5) is 0 Å². The van der Waals surface area contributed by atoms with Gasteiger partial charge in [0.1, 0.15) is 0 Å². The largest absolute Gasteiger partial charge is 0.357 e. The molecule has 3 atom stereocenters. The molecule has 2 bridgehead atoms. The highest BCUT2D eigenvalue weighted by atomic mass is 32.2. The molecular formula is C11H20O4S. The maximum atomic E-state index is 10.7. The van der Waals surface area contributed by atoms with Crippen LogP contribution in [-0.4, -0.2) is 24.5 Å². The summed E-state index contributed by atoms with van der Waals surface area (Å²) in [7, 11) is -4.00. The summed E-state index contributed by atoms with van der Waals surface area (Å²) in [6, 6.07) is 0. The summed E-state index contributed by atoms with van der Waals surface area (Å²) in [5, 5.41) is 0. The summed E-state index contributed by atoms with van der Waals surface area (Å²) in [6.07, 6.45) is 6.41. The Bertz CT molecular complexity index is 347. The molecule has 2 rings (SSSR count). The number of hydrogen-bond acceptors (Lipinski definition) is 3. The van der Waals surface area contributed by atoms with Gasteiger partial charge < -0.3 is 4.74 Å². The van der Waals surface area contributed by atoms with Crippen molar-refractivity contribution in [1.29, 1.82) is 0 Å². The minimum atomic E-state index is -4.00. The SMILES string of the molecule is CC1CC2CCCC(OCS(=O)(=O)O)(C1)C2. The van der Waals surface area contributed by atoms with Crippen molar-refractivity contribution in [2.45, 2.75) is 51.0 Å². The summed E-state index contributed by atoms with van der Waals surface area (Å²) in [6.45, 7) is 2.20. The molecule has 2 aliphatic rings. The van der Waals surface area contributed by atoms with E-state index in [1.54, 1.807) is 0 Å². The molecule has 16 heavy (non-hydrogen) atoms. The van der Waals surface area contributed by atoms with Gasteiger partial charge in [0.25, 0.3) is 10.1 Å². The number of fused-ring (bicyclic) bond motifs is 2. The first-order valence-electron chi connectivity index (χ1n) is 5.98. The molecular weight excluding hydrogens is 228 g/mol. The van der Waals surface area contributed by atoms with Gasteiger partial charge in [0, 0.05) is 0 Å². The summed E-state index contributed by atoms with van der Waals surface area (Å²) in [5.74, 6) is 0.728. The highest BCUT2D eigenvalue weighted by molar-refractivity contribution is 7.85. The fraction of sp³-hybridized carbons (Fsp3) is 1.00. The first-order chi connectivity index (χ1) is 7.39. The zero-order valence-electron chi connectivity index (χ0n) is 9.68. The molecule has 4 nitrogen and oxygen atoms in total. The van der Waals surface area contributed by atoms with Crippen LogP contribution in [0.3, 0.4) is 0 Å². The summed E-state index contributed by atoms with van der Waals surface area (Å²) >= 11 is 0. The molecule has 0 spiro atoms. The maximum Gasteiger partial charge on any atom is 0.289 e. The highest BCUT2D eigenvalue weighted by Gasteiger charge is 2.43. The highest BCUT2D eigenvalue weighted by Crippen LogP contribution is 2.47. The lowest BCUT2D eigenvalue weighted by Gasteiger charge is -2.47. The third kappa shape index (κ3) is 2.96. The van der Waals surface area contributed by atoms with Gasteiger partial charge in [-0.2, -0.15) is 8.42 Å². The van der Waals surface area contributed by atoms with Crippen LogP contribution in [-0.2, 0) is 14.9 Å². The first-order valence-corrected chi connectivity index (χ1v) is 7.59. The number of ether oxygens (including phenoxy) is 1. The Kier molecular flexibility index (Phi) is 3.29. The van der Waals surface area contributed by atoms with E-state index in [0.29, 0.717) is 11.8 Å². The van der Waals surface area contributed by atoms with Crippen molar-refractivity contribution in [2.75, 3.05) is 5.94 Å². The van der Waals surface area contributed by atoms with Crippen LogP contribution < -0.4 is 0 Å². The van der Waals surface area contributed by atoms with Gasteiger partial charge in [0.2, 0.25) is 0 Å². The lowest BCUT2D eigenvalue weighted by Crippen LogP contribution is -2.44. The molecule has 0 aliphatic heterocycles. The second-order valence-electron chi connectivity index (χ2n) is 5.53. The van der Waals surface area contributed by atoms with Crippen LogP contribution in [0.5, 0.6) is 0 Å². The van der Waals surface area contributed by atoms with Gasteiger partial charge in [0.15, 0.2) is 5.94 Å². The molecule has 5 heteroatoms. The average molecular weight is 248 g/mol. The Hall–Kier alpha value is -0.130. The molecule has 0 heterocycles. The van der Waals surface area contributed by atoms with E-state index in [1.165, 1.54) is 12.8 Å². The van der Waals surface area contributed by atoms with Gasteiger partial charge in [-0.15, -0.1) is 0 Å². The van der Waals surface area contributed by atoms with Crippen LogP contribution in [0.2, 0.25) is 0 Å². The smallest absolute Gasteiger partial charge is 0.289 e. The first kappa shape index (κ1) is 12.3. The lowest BCUT2D eigenvalue weighted by atomic mass is 9.66. The fourth-order valence-electron chi connectivity index (χ4n) is 3.51. The molecule has 94 valence electrons. The molecule has 2 fully saturated rings. The standard InChI is InChI=1S/C11H20O4S/c1-9-5-10-3-2-4-11(6-9,7-10)15-8-16(12,13)14/h9-10H,2-8H2,1H3,(H,12,13,14). The number of hydrogen-bond donors (Lipinski definition) is 1. The molecule has 0 radical (unpaired) electrons. The zero-order valence-corrected chi connectivity index (χ0v) is 10.5. The molecule has 0 aromatic carbocycles. The van der Waals surface area contributed by atoms with Gasteiger partial charge in [-0.3, -0.25) is 4.55 Å². The van der Waals surface area contributed by atoms with Gasteiger partial charge in [-0.1, -0.05) is 19.8 Å². The monoisotopic (exact) mass is 248 g/mol. The Morgan fingerprint density at radius 1 is 1.44 bits per heavy atom. The van der Waals surface area contributed by atoms with E-state index in [2.05, 4.69) is 6.92 Å². The zero-order chi connectivity index (χ0) is 11.8. The molecule has 0 saturated heterocycles. The van der Waals surface area contributed by atoms with E-state index in [4.69, 9.17) is 9.29 Å². The van der Waals surface area contributed by atoms with Crippen LogP contribution >= 0.6 is 0 Å². The second kappa shape index (κ2) is 4.27. The molecule has 3 unspecified atom stereocenters. The molecule has 2 aliphatic carbocycles. The van der Waals surface area contributed by atoms with E-state index >= 15 is 0 Å². The van der Waals surface area contributed by atoms with Crippen molar-refractivity contribution in [3.05, 3.63) is 0 Å². The van der Waals surface area contributed by atoms with E-state index in [0.717, 1.165) is 25.7 Å². The topological polar surface area (TPSA) is 63.6 Å². The Morgan fingerprint density at radius 2 is 2.19 bits per heavy atom. The van der Waals surface area contributed by atoms with Crippen LogP contribution in [0.1, 0.15) is 45.4 Å². The van der Waals surface area contributed by atoms with E-state index < -0.39 is 16.1 Å². The van der Waals surface area contributed by atoms with Gasteiger partial charge in [-0.25, -0.2) is 0 Å². The van der Waals surface area contributed by atoms with E-state index in [-0.39, 0.29) is 5.60 Å².